The summed E-state index contributed by atoms with van der Waals surface area (Å²) < 4.78 is 0. The van der Waals surface area contributed by atoms with Gasteiger partial charge in [0.15, 0.2) is 0 Å². The van der Waals surface area contributed by atoms with Gasteiger partial charge in [-0.3, -0.25) is 14.6 Å². The molecule has 0 aliphatic rings. The molecule has 1 N–H and O–H groups in total. The van der Waals surface area contributed by atoms with E-state index in [2.05, 4.69) is 10.3 Å². The van der Waals surface area contributed by atoms with Gasteiger partial charge in [-0.1, -0.05) is 74.0 Å². The highest BCUT2D eigenvalue weighted by molar-refractivity contribution is 6.30. The van der Waals surface area contributed by atoms with Gasteiger partial charge in [0.25, 0.3) is 0 Å². The first-order valence-corrected chi connectivity index (χ1v) is 10.6. The first-order chi connectivity index (χ1) is 15.0. The third kappa shape index (κ3) is 6.15. The van der Waals surface area contributed by atoms with E-state index < -0.39 is 6.04 Å². The number of nitrogens with zero attached hydrogens (tertiary/aromatic N) is 2. The van der Waals surface area contributed by atoms with Gasteiger partial charge in [-0.2, -0.15) is 0 Å². The van der Waals surface area contributed by atoms with Crippen molar-refractivity contribution in [2.24, 2.45) is 5.92 Å². The van der Waals surface area contributed by atoms with E-state index in [1.807, 2.05) is 68.4 Å². The number of hydrogen-bond acceptors (Lipinski definition) is 3. The second-order valence-electron chi connectivity index (χ2n) is 7.64. The zero-order valence-electron chi connectivity index (χ0n) is 17.7. The number of benzene rings is 2. The quantitative estimate of drug-likeness (QED) is 0.554. The van der Waals surface area contributed by atoms with Gasteiger partial charge in [-0.05, 0) is 34.9 Å². The first kappa shape index (κ1) is 22.5. The minimum Gasteiger partial charge on any atom is -0.350 e. The van der Waals surface area contributed by atoms with Crippen LogP contribution in [0, 0.1) is 5.92 Å². The molecule has 0 bridgehead atoms. The van der Waals surface area contributed by atoms with E-state index in [1.165, 1.54) is 0 Å². The molecule has 0 aliphatic heterocycles. The van der Waals surface area contributed by atoms with E-state index in [4.69, 9.17) is 11.6 Å². The van der Waals surface area contributed by atoms with Gasteiger partial charge < -0.3 is 10.2 Å². The monoisotopic (exact) mass is 435 g/mol. The molecule has 5 nitrogen and oxygen atoms in total. The average molecular weight is 436 g/mol. The fourth-order valence-corrected chi connectivity index (χ4v) is 3.44. The van der Waals surface area contributed by atoms with Crippen LogP contribution in [0.4, 0.5) is 0 Å². The van der Waals surface area contributed by atoms with Crippen LogP contribution in [0.1, 0.15) is 36.6 Å². The minimum absolute atomic E-state index is 0.0969. The smallest absolute Gasteiger partial charge is 0.247 e. The van der Waals surface area contributed by atoms with Crippen LogP contribution in [0.2, 0.25) is 5.02 Å². The summed E-state index contributed by atoms with van der Waals surface area (Å²) in [4.78, 5) is 32.3. The highest BCUT2D eigenvalue weighted by Crippen LogP contribution is 2.26. The average Bonchev–Trinajstić information content (AvgIpc) is 2.79. The molecule has 2 amide bonds. The fourth-order valence-electron chi connectivity index (χ4n) is 3.31. The summed E-state index contributed by atoms with van der Waals surface area (Å²) >= 11 is 6.02. The number of nitrogens with one attached hydrogen (secondary N) is 1. The van der Waals surface area contributed by atoms with Gasteiger partial charge in [0.2, 0.25) is 11.8 Å². The molecular weight excluding hydrogens is 410 g/mol. The lowest BCUT2D eigenvalue weighted by Crippen LogP contribution is -2.44. The maximum Gasteiger partial charge on any atom is 0.247 e. The molecule has 160 valence electrons. The fraction of sp³-hybridized carbons (Fsp3) is 0.240. The normalized spacial score (nSPS) is 11.7. The van der Waals surface area contributed by atoms with Crippen molar-refractivity contribution in [1.82, 2.24) is 15.2 Å². The standard InChI is InChI=1S/C25H26ClN3O2/c1-18(2)25(31)29(17-19-10-12-22(26)13-11-19)23(21-8-4-3-5-9-21)24(30)28-16-20-7-6-14-27-15-20/h3-15,18,23H,16-17H2,1-2H3,(H,28,30)/t23-/m1/s1. The largest absolute Gasteiger partial charge is 0.350 e. The van der Waals surface area contributed by atoms with E-state index in [0.717, 1.165) is 16.7 Å². The minimum atomic E-state index is -0.761. The van der Waals surface area contributed by atoms with Crippen molar-refractivity contribution in [3.63, 3.8) is 0 Å². The second kappa shape index (κ2) is 10.7. The lowest BCUT2D eigenvalue weighted by molar-refractivity contribution is -0.144. The molecule has 1 aromatic heterocycles. The molecule has 0 fully saturated rings. The predicted octanol–water partition coefficient (Wildman–Crippen LogP) is 4.78. The molecule has 0 saturated carbocycles. The van der Waals surface area contributed by atoms with Crippen LogP contribution in [0.25, 0.3) is 0 Å². The molecule has 3 rings (SSSR count). The zero-order chi connectivity index (χ0) is 22.2. The molecule has 2 aromatic carbocycles. The van der Waals surface area contributed by atoms with E-state index in [-0.39, 0.29) is 17.7 Å². The first-order valence-electron chi connectivity index (χ1n) is 10.2. The van der Waals surface area contributed by atoms with E-state index >= 15 is 0 Å². The number of halogens is 1. The van der Waals surface area contributed by atoms with Gasteiger partial charge in [0, 0.05) is 36.4 Å². The van der Waals surface area contributed by atoms with Crippen molar-refractivity contribution in [3.8, 4) is 0 Å². The molecule has 0 aliphatic carbocycles. The molecule has 0 spiro atoms. The van der Waals surface area contributed by atoms with Crippen molar-refractivity contribution >= 4 is 23.4 Å². The van der Waals surface area contributed by atoms with Crippen molar-refractivity contribution in [1.29, 1.82) is 0 Å². The number of carbonyl (C=O) groups is 2. The third-order valence-electron chi connectivity index (χ3n) is 4.91. The Balaban J connectivity index is 1.93. The van der Waals surface area contributed by atoms with Gasteiger partial charge in [-0.15, -0.1) is 0 Å². The molecule has 31 heavy (non-hydrogen) atoms. The second-order valence-corrected chi connectivity index (χ2v) is 8.08. The van der Waals surface area contributed by atoms with Crippen LogP contribution in [0.3, 0.4) is 0 Å². The van der Waals surface area contributed by atoms with Crippen LogP contribution in [-0.2, 0) is 22.7 Å². The number of pyridine rings is 1. The molecule has 6 heteroatoms. The maximum atomic E-state index is 13.4. The summed E-state index contributed by atoms with van der Waals surface area (Å²) in [6.45, 7) is 4.31. The van der Waals surface area contributed by atoms with Crippen molar-refractivity contribution in [2.45, 2.75) is 33.0 Å². The summed E-state index contributed by atoms with van der Waals surface area (Å²) in [6.07, 6.45) is 3.40. The molecule has 0 radical (unpaired) electrons. The molecule has 3 aromatic rings. The maximum absolute atomic E-state index is 13.4. The Hall–Kier alpha value is -3.18. The SMILES string of the molecule is CC(C)C(=O)N(Cc1ccc(Cl)cc1)[C@@H](C(=O)NCc1cccnc1)c1ccccc1. The van der Waals surface area contributed by atoms with Gasteiger partial charge in [-0.25, -0.2) is 0 Å². The topological polar surface area (TPSA) is 62.3 Å². The van der Waals surface area contributed by atoms with E-state index in [9.17, 15) is 9.59 Å². The van der Waals surface area contributed by atoms with Crippen LogP contribution >= 0.6 is 11.6 Å². The van der Waals surface area contributed by atoms with Gasteiger partial charge in [0.05, 0.1) is 0 Å². The van der Waals surface area contributed by atoms with Gasteiger partial charge in [0.1, 0.15) is 6.04 Å². The Morgan fingerprint density at radius 2 is 1.68 bits per heavy atom. The molecular formula is C25H26ClN3O2. The Bertz CT molecular complexity index is 992. The molecule has 1 heterocycles. The van der Waals surface area contributed by atoms with Gasteiger partial charge >= 0.3 is 0 Å². The summed E-state index contributed by atoms with van der Waals surface area (Å²) in [7, 11) is 0. The summed E-state index contributed by atoms with van der Waals surface area (Å²) in [6, 6.07) is 19.7. The summed E-state index contributed by atoms with van der Waals surface area (Å²) in [5.74, 6) is -0.594. The summed E-state index contributed by atoms with van der Waals surface area (Å²) in [5, 5.41) is 3.60. The number of hydrogen-bond donors (Lipinski definition) is 1. The van der Waals surface area contributed by atoms with Crippen molar-refractivity contribution < 1.29 is 9.59 Å². The van der Waals surface area contributed by atoms with Crippen molar-refractivity contribution in [2.75, 3.05) is 0 Å². The van der Waals surface area contributed by atoms with Crippen LogP contribution < -0.4 is 5.32 Å². The highest BCUT2D eigenvalue weighted by atomic mass is 35.5. The van der Waals surface area contributed by atoms with Crippen LogP contribution in [0.5, 0.6) is 0 Å². The number of carbonyl (C=O) groups excluding carboxylic acids is 2. The zero-order valence-corrected chi connectivity index (χ0v) is 18.4. The highest BCUT2D eigenvalue weighted by Gasteiger charge is 2.32. The number of rotatable bonds is 8. The van der Waals surface area contributed by atoms with E-state index in [1.54, 1.807) is 29.4 Å². The predicted molar refractivity (Wildman–Crippen MR) is 122 cm³/mol. The van der Waals surface area contributed by atoms with Crippen LogP contribution in [-0.4, -0.2) is 21.7 Å². The summed E-state index contributed by atoms with van der Waals surface area (Å²) in [5.41, 5.74) is 2.55. The van der Waals surface area contributed by atoms with E-state index in [0.29, 0.717) is 18.1 Å². The third-order valence-corrected chi connectivity index (χ3v) is 5.16. The Kier molecular flexibility index (Phi) is 7.79. The lowest BCUT2D eigenvalue weighted by Gasteiger charge is -2.33. The lowest BCUT2D eigenvalue weighted by atomic mass is 10.0. The Labute approximate surface area is 188 Å². The Morgan fingerprint density at radius 1 is 0.968 bits per heavy atom. The van der Waals surface area contributed by atoms with Crippen LogP contribution in [0.15, 0.2) is 79.1 Å². The molecule has 0 unspecified atom stereocenters. The Morgan fingerprint density at radius 3 is 2.29 bits per heavy atom. The molecule has 1 atom stereocenters. The number of aromatic nitrogens is 1. The number of amides is 2. The van der Waals surface area contributed by atoms with Crippen molar-refractivity contribution in [3.05, 3.63) is 101 Å². The molecule has 0 saturated heterocycles.